The van der Waals surface area contributed by atoms with Gasteiger partial charge in [-0.3, -0.25) is 4.79 Å². The fourth-order valence-corrected chi connectivity index (χ4v) is 4.46. The van der Waals surface area contributed by atoms with Gasteiger partial charge in [-0.2, -0.15) is 0 Å². The Morgan fingerprint density at radius 2 is 2.11 bits per heavy atom. The fourth-order valence-electron chi connectivity index (χ4n) is 4.46. The van der Waals surface area contributed by atoms with E-state index in [1.165, 1.54) is 0 Å². The molecule has 1 N–H and O–H groups in total. The highest BCUT2D eigenvalue weighted by atomic mass is 16.6. The van der Waals surface area contributed by atoms with Gasteiger partial charge >= 0.3 is 5.97 Å². The van der Waals surface area contributed by atoms with Gasteiger partial charge in [-0.1, -0.05) is 13.5 Å². The van der Waals surface area contributed by atoms with E-state index in [0.717, 1.165) is 6.42 Å². The van der Waals surface area contributed by atoms with Crippen LogP contribution in [0.4, 0.5) is 0 Å². The molecule has 0 aromatic heterocycles. The van der Waals surface area contributed by atoms with Crippen molar-refractivity contribution in [3.63, 3.8) is 0 Å². The fraction of sp³-hybridized carbons (Fsp3) is 0.733. The molecule has 104 valence electrons. The zero-order chi connectivity index (χ0) is 13.9. The van der Waals surface area contributed by atoms with E-state index in [9.17, 15) is 14.7 Å². The molecule has 4 heteroatoms. The smallest absolute Gasteiger partial charge is 0.334 e. The largest absolute Gasteiger partial charge is 0.458 e. The molecule has 6 atom stereocenters. The summed E-state index contributed by atoms with van der Waals surface area (Å²) < 4.78 is 5.33. The highest BCUT2D eigenvalue weighted by molar-refractivity contribution is 5.92. The molecule has 1 saturated heterocycles. The van der Waals surface area contributed by atoms with Crippen LogP contribution < -0.4 is 0 Å². The summed E-state index contributed by atoms with van der Waals surface area (Å²) in [7, 11) is 0. The number of aliphatic hydroxyl groups is 1. The van der Waals surface area contributed by atoms with Crippen molar-refractivity contribution in [2.45, 2.75) is 45.3 Å². The minimum absolute atomic E-state index is 0.115. The van der Waals surface area contributed by atoms with Crippen molar-refractivity contribution in [1.82, 2.24) is 0 Å². The second-order valence-corrected chi connectivity index (χ2v) is 6.50. The summed E-state index contributed by atoms with van der Waals surface area (Å²) in [5.74, 6) is -0.294. The number of ether oxygens (including phenoxy) is 1. The first-order valence-electron chi connectivity index (χ1n) is 6.98. The van der Waals surface area contributed by atoms with Crippen molar-refractivity contribution in [2.75, 3.05) is 0 Å². The highest BCUT2D eigenvalue weighted by Gasteiger charge is 2.61. The minimum Gasteiger partial charge on any atom is -0.458 e. The first kappa shape index (κ1) is 12.9. The highest BCUT2D eigenvalue weighted by Crippen LogP contribution is 2.55. The number of rotatable bonds is 0. The van der Waals surface area contributed by atoms with Gasteiger partial charge in [-0.05, 0) is 31.6 Å². The van der Waals surface area contributed by atoms with Crippen LogP contribution in [-0.2, 0) is 14.3 Å². The van der Waals surface area contributed by atoms with Gasteiger partial charge in [-0.15, -0.1) is 0 Å². The van der Waals surface area contributed by atoms with Gasteiger partial charge in [0.05, 0.1) is 17.4 Å². The first-order valence-corrected chi connectivity index (χ1v) is 6.98. The summed E-state index contributed by atoms with van der Waals surface area (Å²) in [5.41, 5.74) is -0.429. The summed E-state index contributed by atoms with van der Waals surface area (Å²) >= 11 is 0. The monoisotopic (exact) mass is 264 g/mol. The van der Waals surface area contributed by atoms with Crippen LogP contribution in [-0.4, -0.2) is 29.1 Å². The number of esters is 1. The Bertz CT molecular complexity index is 469. The van der Waals surface area contributed by atoms with E-state index < -0.39 is 23.4 Å². The Balaban J connectivity index is 2.07. The molecule has 6 unspecified atom stereocenters. The lowest BCUT2D eigenvalue weighted by atomic mass is 9.68. The maximum Gasteiger partial charge on any atom is 0.334 e. The van der Waals surface area contributed by atoms with Crippen LogP contribution in [0, 0.1) is 23.2 Å². The van der Waals surface area contributed by atoms with Crippen molar-refractivity contribution in [2.24, 2.45) is 23.2 Å². The van der Waals surface area contributed by atoms with Gasteiger partial charge in [0.1, 0.15) is 11.9 Å². The number of hydrogen-bond acceptors (Lipinski definition) is 4. The number of carbonyl (C=O) groups excluding carboxylic acids is 2. The van der Waals surface area contributed by atoms with E-state index in [2.05, 4.69) is 13.5 Å². The van der Waals surface area contributed by atoms with Gasteiger partial charge in [0, 0.05) is 12.0 Å². The molecule has 2 saturated carbocycles. The van der Waals surface area contributed by atoms with Crippen molar-refractivity contribution in [3.05, 3.63) is 12.2 Å². The van der Waals surface area contributed by atoms with Crippen LogP contribution in [0.25, 0.3) is 0 Å². The third-order valence-electron chi connectivity index (χ3n) is 5.62. The molecule has 0 aromatic carbocycles. The number of aliphatic hydroxyl groups excluding tert-OH is 1. The lowest BCUT2D eigenvalue weighted by Gasteiger charge is -2.37. The number of Topliss-reactive ketones (excluding diaryl/α,β-unsaturated/α-hetero) is 1. The average Bonchev–Trinajstić information content (AvgIpc) is 2.77. The van der Waals surface area contributed by atoms with E-state index in [-0.39, 0.29) is 23.7 Å². The third kappa shape index (κ3) is 1.49. The van der Waals surface area contributed by atoms with Crippen molar-refractivity contribution in [3.8, 4) is 0 Å². The molecule has 0 spiro atoms. The molecule has 3 rings (SSSR count). The normalized spacial score (nSPS) is 49.6. The van der Waals surface area contributed by atoms with Crippen LogP contribution in [0.15, 0.2) is 12.2 Å². The minimum atomic E-state index is -0.860. The van der Waals surface area contributed by atoms with E-state index in [1.54, 1.807) is 0 Å². The van der Waals surface area contributed by atoms with Gasteiger partial charge in [0.15, 0.2) is 0 Å². The molecule has 0 radical (unpaired) electrons. The molecule has 2 aliphatic carbocycles. The van der Waals surface area contributed by atoms with Gasteiger partial charge in [0.25, 0.3) is 0 Å². The molecular formula is C15H20O4. The third-order valence-corrected chi connectivity index (χ3v) is 5.62. The van der Waals surface area contributed by atoms with Gasteiger partial charge in [0.2, 0.25) is 0 Å². The summed E-state index contributed by atoms with van der Waals surface area (Å²) in [6.45, 7) is 7.70. The van der Waals surface area contributed by atoms with E-state index in [1.807, 2.05) is 6.92 Å². The summed E-state index contributed by atoms with van der Waals surface area (Å²) in [4.78, 5) is 24.0. The molecule has 1 aliphatic heterocycles. The van der Waals surface area contributed by atoms with Crippen LogP contribution in [0.1, 0.15) is 33.1 Å². The van der Waals surface area contributed by atoms with E-state index >= 15 is 0 Å². The number of fused-ring (bicyclic) bond motifs is 2. The Morgan fingerprint density at radius 1 is 1.42 bits per heavy atom. The van der Waals surface area contributed by atoms with E-state index in [0.29, 0.717) is 18.4 Å². The predicted octanol–water partition coefficient (Wildman–Crippen LogP) is 1.47. The van der Waals surface area contributed by atoms with Crippen LogP contribution in [0.3, 0.4) is 0 Å². The number of carbonyl (C=O) groups is 2. The molecule has 3 fully saturated rings. The summed E-state index contributed by atoms with van der Waals surface area (Å²) in [6.07, 6.45) is 0.885. The average molecular weight is 264 g/mol. The Hall–Kier alpha value is -1.16. The quantitative estimate of drug-likeness (QED) is 0.531. The SMILES string of the molecule is C=C1C(=O)OC2CC(C)C3CCC(=O)C3(C)C(O)C12. The zero-order valence-corrected chi connectivity index (χ0v) is 11.4. The molecule has 4 nitrogen and oxygen atoms in total. The summed E-state index contributed by atoms with van der Waals surface area (Å²) in [5, 5.41) is 10.8. The lowest BCUT2D eigenvalue weighted by molar-refractivity contribution is -0.140. The Kier molecular flexibility index (Phi) is 2.65. The van der Waals surface area contributed by atoms with Gasteiger partial charge < -0.3 is 9.84 Å². The Morgan fingerprint density at radius 3 is 2.79 bits per heavy atom. The van der Waals surface area contributed by atoms with Gasteiger partial charge in [-0.25, -0.2) is 4.79 Å². The predicted molar refractivity (Wildman–Crippen MR) is 68.1 cm³/mol. The molecule has 0 amide bonds. The molecule has 3 aliphatic rings. The van der Waals surface area contributed by atoms with Crippen molar-refractivity contribution < 1.29 is 19.4 Å². The molecule has 0 bridgehead atoms. The first-order chi connectivity index (χ1) is 8.87. The molecule has 1 heterocycles. The molecule has 0 aromatic rings. The van der Waals surface area contributed by atoms with Crippen LogP contribution >= 0.6 is 0 Å². The second-order valence-electron chi connectivity index (χ2n) is 6.50. The van der Waals surface area contributed by atoms with Crippen LogP contribution in [0.5, 0.6) is 0 Å². The standard InChI is InChI=1S/C15H20O4/c1-7-6-10-12(8(2)14(18)19-10)13(17)15(3)9(7)4-5-11(15)16/h7,9-10,12-13,17H,2,4-6H2,1,3H3. The second kappa shape index (κ2) is 3.92. The Labute approximate surface area is 112 Å². The molecular weight excluding hydrogens is 244 g/mol. The maximum absolute atomic E-state index is 12.3. The van der Waals surface area contributed by atoms with E-state index in [4.69, 9.17) is 4.74 Å². The number of hydrogen-bond donors (Lipinski definition) is 1. The zero-order valence-electron chi connectivity index (χ0n) is 11.4. The van der Waals surface area contributed by atoms with Crippen LogP contribution in [0.2, 0.25) is 0 Å². The van der Waals surface area contributed by atoms with Crippen molar-refractivity contribution in [1.29, 1.82) is 0 Å². The number of ketones is 1. The topological polar surface area (TPSA) is 63.6 Å². The van der Waals surface area contributed by atoms with Crippen molar-refractivity contribution >= 4 is 11.8 Å². The maximum atomic E-state index is 12.3. The lowest BCUT2D eigenvalue weighted by Crippen LogP contribution is -2.46. The summed E-state index contributed by atoms with van der Waals surface area (Å²) in [6, 6.07) is 0. The molecule has 19 heavy (non-hydrogen) atoms.